The average molecular weight is 153 g/mol. The molecule has 0 bridgehead atoms. The number of Topliss-reactive ketones (excluding diaryl/α,β-unsaturated/α-hetero) is 1. The van der Waals surface area contributed by atoms with Crippen molar-refractivity contribution in [3.63, 3.8) is 0 Å². The Hall–Kier alpha value is -1.45. The summed E-state index contributed by atoms with van der Waals surface area (Å²) < 4.78 is 1.34. The zero-order chi connectivity index (χ0) is 8.43. The Balaban J connectivity index is 3.10. The summed E-state index contributed by atoms with van der Waals surface area (Å²) in [6, 6.07) is 3.45. The van der Waals surface area contributed by atoms with Crippen molar-refractivity contribution in [3.8, 4) is 0 Å². The highest BCUT2D eigenvalue weighted by molar-refractivity contribution is 5.93. The van der Waals surface area contributed by atoms with Gasteiger partial charge < -0.3 is 11.2 Å². The SMILES string of the molecule is CNc1ccc(C(C)=O)n1N. The van der Waals surface area contributed by atoms with Gasteiger partial charge in [-0.25, -0.2) is 4.68 Å². The van der Waals surface area contributed by atoms with E-state index in [2.05, 4.69) is 5.32 Å². The number of carbonyl (C=O) groups excluding carboxylic acids is 1. The van der Waals surface area contributed by atoms with Crippen molar-refractivity contribution in [2.45, 2.75) is 6.92 Å². The third kappa shape index (κ3) is 1.19. The zero-order valence-corrected chi connectivity index (χ0v) is 6.59. The molecule has 1 aromatic rings. The highest BCUT2D eigenvalue weighted by atomic mass is 16.1. The first-order valence-electron chi connectivity index (χ1n) is 3.32. The van der Waals surface area contributed by atoms with Crippen LogP contribution in [0, 0.1) is 0 Å². The summed E-state index contributed by atoms with van der Waals surface area (Å²) in [7, 11) is 1.75. The van der Waals surface area contributed by atoms with Crippen LogP contribution in [0.4, 0.5) is 5.82 Å². The lowest BCUT2D eigenvalue weighted by atomic mass is 10.3. The van der Waals surface area contributed by atoms with Gasteiger partial charge in [0.25, 0.3) is 0 Å². The standard InChI is InChI=1S/C7H11N3O/c1-5(11)6-3-4-7(9-2)10(6)8/h3-4,9H,8H2,1-2H3. The van der Waals surface area contributed by atoms with Crippen LogP contribution in [0.2, 0.25) is 0 Å². The number of nitrogens with two attached hydrogens (primary N) is 1. The van der Waals surface area contributed by atoms with Crippen LogP contribution in [0.1, 0.15) is 17.4 Å². The van der Waals surface area contributed by atoms with Crippen molar-refractivity contribution in [1.82, 2.24) is 4.68 Å². The van der Waals surface area contributed by atoms with E-state index in [9.17, 15) is 4.79 Å². The van der Waals surface area contributed by atoms with Crippen LogP contribution in [-0.2, 0) is 0 Å². The van der Waals surface area contributed by atoms with Crippen LogP contribution >= 0.6 is 0 Å². The summed E-state index contributed by atoms with van der Waals surface area (Å²) in [5, 5.41) is 2.86. The second-order valence-corrected chi connectivity index (χ2v) is 2.28. The van der Waals surface area contributed by atoms with Crippen molar-refractivity contribution >= 4 is 11.6 Å². The van der Waals surface area contributed by atoms with Gasteiger partial charge in [0.1, 0.15) is 11.5 Å². The number of rotatable bonds is 2. The molecule has 0 aliphatic rings. The Bertz CT molecular complexity index is 277. The lowest BCUT2D eigenvalue weighted by Crippen LogP contribution is -2.16. The van der Waals surface area contributed by atoms with E-state index < -0.39 is 0 Å². The van der Waals surface area contributed by atoms with Gasteiger partial charge in [0.05, 0.1) is 0 Å². The van der Waals surface area contributed by atoms with Crippen molar-refractivity contribution in [1.29, 1.82) is 0 Å². The minimum absolute atomic E-state index is 0.0333. The third-order valence-electron chi connectivity index (χ3n) is 1.53. The Kier molecular flexibility index (Phi) is 1.85. The van der Waals surface area contributed by atoms with Gasteiger partial charge in [0.2, 0.25) is 0 Å². The van der Waals surface area contributed by atoms with Crippen molar-refractivity contribution in [2.75, 3.05) is 18.2 Å². The molecule has 4 heteroatoms. The van der Waals surface area contributed by atoms with Crippen LogP contribution < -0.4 is 11.2 Å². The molecule has 11 heavy (non-hydrogen) atoms. The fourth-order valence-corrected chi connectivity index (χ4v) is 0.939. The molecule has 0 aliphatic heterocycles. The average Bonchev–Trinajstić information content (AvgIpc) is 2.30. The maximum Gasteiger partial charge on any atom is 0.178 e. The molecule has 1 rings (SSSR count). The van der Waals surface area contributed by atoms with Gasteiger partial charge in [0, 0.05) is 14.0 Å². The molecule has 60 valence electrons. The molecule has 1 heterocycles. The molecule has 0 aromatic carbocycles. The molecular weight excluding hydrogens is 142 g/mol. The fourth-order valence-electron chi connectivity index (χ4n) is 0.939. The molecule has 0 atom stereocenters. The second-order valence-electron chi connectivity index (χ2n) is 2.28. The molecule has 3 N–H and O–H groups in total. The van der Waals surface area contributed by atoms with Gasteiger partial charge in [-0.2, -0.15) is 0 Å². The van der Waals surface area contributed by atoms with Crippen molar-refractivity contribution < 1.29 is 4.79 Å². The van der Waals surface area contributed by atoms with Gasteiger partial charge in [-0.05, 0) is 12.1 Å². The Morgan fingerprint density at radius 3 is 2.55 bits per heavy atom. The number of anilines is 1. The number of aromatic nitrogens is 1. The summed E-state index contributed by atoms with van der Waals surface area (Å²) in [6.45, 7) is 1.48. The molecule has 0 aliphatic carbocycles. The highest BCUT2D eigenvalue weighted by Crippen LogP contribution is 2.09. The smallest absolute Gasteiger partial charge is 0.178 e. The summed E-state index contributed by atoms with van der Waals surface area (Å²) in [6.07, 6.45) is 0. The maximum atomic E-state index is 10.9. The summed E-state index contributed by atoms with van der Waals surface area (Å²) in [5.41, 5.74) is 0.509. The van der Waals surface area contributed by atoms with E-state index in [1.165, 1.54) is 11.6 Å². The Labute approximate surface area is 65.0 Å². The topological polar surface area (TPSA) is 60.0 Å². The molecule has 0 unspecified atom stereocenters. The Morgan fingerprint density at radius 1 is 1.64 bits per heavy atom. The molecule has 0 amide bonds. The molecular formula is C7H11N3O. The van der Waals surface area contributed by atoms with Gasteiger partial charge in [-0.15, -0.1) is 0 Å². The van der Waals surface area contributed by atoms with E-state index in [4.69, 9.17) is 5.84 Å². The van der Waals surface area contributed by atoms with E-state index in [0.29, 0.717) is 5.69 Å². The van der Waals surface area contributed by atoms with Gasteiger partial charge in [0.15, 0.2) is 5.78 Å². The minimum atomic E-state index is -0.0333. The van der Waals surface area contributed by atoms with Crippen molar-refractivity contribution in [3.05, 3.63) is 17.8 Å². The molecule has 1 aromatic heterocycles. The van der Waals surface area contributed by atoms with Gasteiger partial charge >= 0.3 is 0 Å². The zero-order valence-electron chi connectivity index (χ0n) is 6.59. The number of nitrogens with zero attached hydrogens (tertiary/aromatic N) is 1. The number of carbonyl (C=O) groups is 1. The number of nitrogen functional groups attached to an aromatic ring is 1. The number of nitrogens with one attached hydrogen (secondary N) is 1. The van der Waals surface area contributed by atoms with Crippen molar-refractivity contribution in [2.24, 2.45) is 0 Å². The first kappa shape index (κ1) is 7.65. The van der Waals surface area contributed by atoms with Crippen LogP contribution in [-0.4, -0.2) is 17.5 Å². The first-order chi connectivity index (χ1) is 5.16. The largest absolute Gasteiger partial charge is 0.373 e. The lowest BCUT2D eigenvalue weighted by molar-refractivity contribution is 0.101. The van der Waals surface area contributed by atoms with Crippen LogP contribution in [0.15, 0.2) is 12.1 Å². The van der Waals surface area contributed by atoms with E-state index >= 15 is 0 Å². The predicted molar refractivity (Wildman–Crippen MR) is 44.1 cm³/mol. The number of hydrogen-bond acceptors (Lipinski definition) is 3. The van der Waals surface area contributed by atoms with Gasteiger partial charge in [-0.1, -0.05) is 0 Å². The second kappa shape index (κ2) is 2.65. The van der Waals surface area contributed by atoms with E-state index in [1.807, 2.05) is 0 Å². The summed E-state index contributed by atoms with van der Waals surface area (Å²) in [5.74, 6) is 6.25. The van der Waals surface area contributed by atoms with Gasteiger partial charge in [-0.3, -0.25) is 4.79 Å². The summed E-state index contributed by atoms with van der Waals surface area (Å²) in [4.78, 5) is 10.9. The minimum Gasteiger partial charge on any atom is -0.373 e. The van der Waals surface area contributed by atoms with E-state index in [1.54, 1.807) is 19.2 Å². The molecule has 4 nitrogen and oxygen atoms in total. The van der Waals surface area contributed by atoms with Crippen LogP contribution in [0.3, 0.4) is 0 Å². The predicted octanol–water partition coefficient (Wildman–Crippen LogP) is 0.446. The molecule has 0 saturated heterocycles. The van der Waals surface area contributed by atoms with Crippen LogP contribution in [0.5, 0.6) is 0 Å². The molecule has 0 spiro atoms. The monoisotopic (exact) mass is 153 g/mol. The third-order valence-corrected chi connectivity index (χ3v) is 1.53. The lowest BCUT2D eigenvalue weighted by Gasteiger charge is -2.03. The first-order valence-corrected chi connectivity index (χ1v) is 3.32. The maximum absolute atomic E-state index is 10.9. The number of hydrogen-bond donors (Lipinski definition) is 2. The number of ketones is 1. The quantitative estimate of drug-likeness (QED) is 0.479. The molecule has 0 saturated carbocycles. The fraction of sp³-hybridized carbons (Fsp3) is 0.286. The van der Waals surface area contributed by atoms with Crippen LogP contribution in [0.25, 0.3) is 0 Å². The molecule has 0 radical (unpaired) electrons. The highest BCUT2D eigenvalue weighted by Gasteiger charge is 2.06. The normalized spacial score (nSPS) is 9.64. The van der Waals surface area contributed by atoms with E-state index in [-0.39, 0.29) is 5.78 Å². The molecule has 0 fully saturated rings. The Morgan fingerprint density at radius 2 is 2.27 bits per heavy atom. The van der Waals surface area contributed by atoms with E-state index in [0.717, 1.165) is 5.82 Å². The summed E-state index contributed by atoms with van der Waals surface area (Å²) >= 11 is 0.